The van der Waals surface area contributed by atoms with E-state index < -0.39 is 11.9 Å². The SMILES string of the molecule is CCCCCCn1cnc2c(C(N)=O)nc3ccccc3c21.CNCC(=O)O. The van der Waals surface area contributed by atoms with E-state index in [0.29, 0.717) is 5.52 Å². The van der Waals surface area contributed by atoms with Crippen molar-refractivity contribution in [1.29, 1.82) is 0 Å². The van der Waals surface area contributed by atoms with Gasteiger partial charge in [-0.05, 0) is 19.5 Å². The molecule has 8 heteroatoms. The summed E-state index contributed by atoms with van der Waals surface area (Å²) < 4.78 is 2.11. The number of hydrogen-bond donors (Lipinski definition) is 3. The number of likely N-dealkylation sites (N-methyl/N-ethyl adjacent to an activating group) is 1. The van der Waals surface area contributed by atoms with Crippen molar-refractivity contribution in [3.05, 3.63) is 36.3 Å². The summed E-state index contributed by atoms with van der Waals surface area (Å²) in [6.45, 7) is 3.13. The van der Waals surface area contributed by atoms with Crippen molar-refractivity contribution in [2.75, 3.05) is 13.6 Å². The van der Waals surface area contributed by atoms with E-state index >= 15 is 0 Å². The molecule has 0 aliphatic rings. The maximum atomic E-state index is 11.7. The highest BCUT2D eigenvalue weighted by Gasteiger charge is 2.16. The van der Waals surface area contributed by atoms with Crippen LogP contribution in [-0.2, 0) is 11.3 Å². The van der Waals surface area contributed by atoms with Crippen molar-refractivity contribution >= 4 is 33.8 Å². The summed E-state index contributed by atoms with van der Waals surface area (Å²) >= 11 is 0. The molecule has 0 aliphatic heterocycles. The second kappa shape index (κ2) is 10.4. The number of carbonyl (C=O) groups excluding carboxylic acids is 1. The third-order valence-corrected chi connectivity index (χ3v) is 4.27. The van der Waals surface area contributed by atoms with Crippen molar-refractivity contribution in [2.45, 2.75) is 39.2 Å². The maximum Gasteiger partial charge on any atom is 0.317 e. The molecule has 0 spiro atoms. The number of hydrogen-bond acceptors (Lipinski definition) is 5. The molecule has 0 aliphatic carbocycles. The first-order valence-electron chi connectivity index (χ1n) is 9.39. The van der Waals surface area contributed by atoms with E-state index in [1.807, 2.05) is 24.3 Å². The fourth-order valence-electron chi connectivity index (χ4n) is 2.98. The molecule has 150 valence electrons. The lowest BCUT2D eigenvalue weighted by Crippen LogP contribution is -2.16. The number of aryl methyl sites for hydroxylation is 1. The number of fused-ring (bicyclic) bond motifs is 3. The lowest BCUT2D eigenvalue weighted by molar-refractivity contribution is -0.135. The van der Waals surface area contributed by atoms with Gasteiger partial charge in [-0.2, -0.15) is 0 Å². The number of pyridine rings is 1. The topological polar surface area (TPSA) is 123 Å². The summed E-state index contributed by atoms with van der Waals surface area (Å²) in [5, 5.41) is 11.3. The van der Waals surface area contributed by atoms with Crippen molar-refractivity contribution in [3.8, 4) is 0 Å². The van der Waals surface area contributed by atoms with E-state index in [0.717, 1.165) is 29.4 Å². The Balaban J connectivity index is 0.000000409. The van der Waals surface area contributed by atoms with Crippen LogP contribution in [0.2, 0.25) is 0 Å². The number of imidazole rings is 1. The Hall–Kier alpha value is -3.00. The molecule has 0 bridgehead atoms. The predicted molar refractivity (Wildman–Crippen MR) is 109 cm³/mol. The number of rotatable bonds is 8. The van der Waals surface area contributed by atoms with Gasteiger partial charge in [-0.1, -0.05) is 44.4 Å². The third-order valence-electron chi connectivity index (χ3n) is 4.27. The molecule has 0 radical (unpaired) electrons. The van der Waals surface area contributed by atoms with Gasteiger partial charge in [-0.25, -0.2) is 9.97 Å². The smallest absolute Gasteiger partial charge is 0.317 e. The number of unbranched alkanes of at least 4 members (excludes halogenated alkanes) is 3. The first-order valence-corrected chi connectivity index (χ1v) is 9.39. The van der Waals surface area contributed by atoms with Crippen LogP contribution in [0.4, 0.5) is 0 Å². The molecule has 2 heterocycles. The van der Waals surface area contributed by atoms with Gasteiger partial charge in [0.15, 0.2) is 5.69 Å². The first kappa shape index (κ1) is 21.3. The number of nitrogens with zero attached hydrogens (tertiary/aromatic N) is 3. The number of primary amides is 1. The summed E-state index contributed by atoms with van der Waals surface area (Å²) in [6.07, 6.45) is 6.53. The quantitative estimate of drug-likeness (QED) is 0.512. The molecule has 0 saturated heterocycles. The molecular formula is C20H27N5O3. The number of aliphatic carboxylic acids is 1. The summed E-state index contributed by atoms with van der Waals surface area (Å²) in [5.41, 5.74) is 8.05. The van der Waals surface area contributed by atoms with Crippen molar-refractivity contribution in [2.24, 2.45) is 5.73 Å². The van der Waals surface area contributed by atoms with Crippen LogP contribution in [0.25, 0.3) is 21.9 Å². The second-order valence-electron chi connectivity index (χ2n) is 6.46. The summed E-state index contributed by atoms with van der Waals surface area (Å²) in [7, 11) is 1.59. The van der Waals surface area contributed by atoms with Crippen LogP contribution < -0.4 is 11.1 Å². The third kappa shape index (κ3) is 5.26. The lowest BCUT2D eigenvalue weighted by Gasteiger charge is -2.08. The molecule has 3 rings (SSSR count). The Morgan fingerprint density at radius 2 is 1.96 bits per heavy atom. The molecule has 3 aromatic rings. The van der Waals surface area contributed by atoms with Gasteiger partial charge in [0.1, 0.15) is 5.52 Å². The number of benzene rings is 1. The monoisotopic (exact) mass is 385 g/mol. The van der Waals surface area contributed by atoms with Gasteiger partial charge >= 0.3 is 5.97 Å². The van der Waals surface area contributed by atoms with Crippen LogP contribution in [0.15, 0.2) is 30.6 Å². The van der Waals surface area contributed by atoms with E-state index in [-0.39, 0.29) is 12.2 Å². The van der Waals surface area contributed by atoms with Gasteiger partial charge in [0.25, 0.3) is 5.91 Å². The van der Waals surface area contributed by atoms with Gasteiger partial charge in [-0.15, -0.1) is 0 Å². The molecule has 0 saturated carbocycles. The number of carboxylic acids is 1. The van der Waals surface area contributed by atoms with Crippen molar-refractivity contribution in [3.63, 3.8) is 0 Å². The van der Waals surface area contributed by atoms with Gasteiger partial charge < -0.3 is 20.7 Å². The zero-order valence-corrected chi connectivity index (χ0v) is 16.3. The van der Waals surface area contributed by atoms with Crippen LogP contribution >= 0.6 is 0 Å². The Bertz CT molecular complexity index is 952. The van der Waals surface area contributed by atoms with Gasteiger partial charge in [0.05, 0.1) is 23.9 Å². The molecule has 0 unspecified atom stereocenters. The van der Waals surface area contributed by atoms with E-state index in [2.05, 4.69) is 26.8 Å². The molecule has 8 nitrogen and oxygen atoms in total. The average Bonchev–Trinajstić information content (AvgIpc) is 3.09. The van der Waals surface area contributed by atoms with Crippen LogP contribution in [0.3, 0.4) is 0 Å². The van der Waals surface area contributed by atoms with Crippen LogP contribution in [-0.4, -0.2) is 45.1 Å². The minimum absolute atomic E-state index is 0.0417. The molecular weight excluding hydrogens is 358 g/mol. The number of nitrogens with one attached hydrogen (secondary N) is 1. The highest BCUT2D eigenvalue weighted by molar-refractivity contribution is 6.11. The number of carboxylic acid groups (broad SMARTS) is 1. The fraction of sp³-hybridized carbons (Fsp3) is 0.400. The van der Waals surface area contributed by atoms with Crippen LogP contribution in [0, 0.1) is 0 Å². The molecule has 0 fully saturated rings. The predicted octanol–water partition coefficient (Wildman–Crippen LogP) is 2.55. The van der Waals surface area contributed by atoms with E-state index in [1.54, 1.807) is 13.4 Å². The van der Waals surface area contributed by atoms with E-state index in [1.165, 1.54) is 19.3 Å². The Labute approximate surface area is 163 Å². The highest BCUT2D eigenvalue weighted by Crippen LogP contribution is 2.26. The number of amides is 1. The molecule has 1 amide bonds. The van der Waals surface area contributed by atoms with Crippen molar-refractivity contribution in [1.82, 2.24) is 19.9 Å². The summed E-state index contributed by atoms with van der Waals surface area (Å²) in [6, 6.07) is 7.80. The van der Waals surface area contributed by atoms with Gasteiger partial charge in [-0.3, -0.25) is 9.59 Å². The van der Waals surface area contributed by atoms with Crippen LogP contribution in [0.5, 0.6) is 0 Å². The second-order valence-corrected chi connectivity index (χ2v) is 6.46. The summed E-state index contributed by atoms with van der Waals surface area (Å²) in [5.74, 6) is -1.36. The lowest BCUT2D eigenvalue weighted by atomic mass is 10.1. The Kier molecular flexibility index (Phi) is 7.88. The number of nitrogens with two attached hydrogens (primary N) is 1. The Morgan fingerprint density at radius 1 is 1.21 bits per heavy atom. The van der Waals surface area contributed by atoms with Gasteiger partial charge in [0.2, 0.25) is 0 Å². The molecule has 2 aromatic heterocycles. The minimum atomic E-state index is -0.822. The molecule has 0 atom stereocenters. The number of para-hydroxylation sites is 1. The average molecular weight is 385 g/mol. The van der Waals surface area contributed by atoms with Crippen LogP contribution in [0.1, 0.15) is 43.1 Å². The maximum absolute atomic E-state index is 11.7. The zero-order valence-electron chi connectivity index (χ0n) is 16.3. The minimum Gasteiger partial charge on any atom is -0.480 e. The van der Waals surface area contributed by atoms with Crippen molar-refractivity contribution < 1.29 is 14.7 Å². The fourth-order valence-corrected chi connectivity index (χ4v) is 2.98. The zero-order chi connectivity index (χ0) is 20.5. The standard InChI is InChI=1S/C17H20N4O.C3H7NO2/c1-2-3-4-7-10-21-11-19-14-15(17(18)22)20-13-9-6-5-8-12(13)16(14)21;1-4-2-3(5)6/h5-6,8-9,11H,2-4,7,10H2,1H3,(H2,18,22);4H,2H2,1H3,(H,5,6). The molecule has 4 N–H and O–H groups in total. The van der Waals surface area contributed by atoms with Gasteiger partial charge in [0, 0.05) is 11.9 Å². The molecule has 1 aromatic carbocycles. The number of aromatic nitrogens is 3. The van der Waals surface area contributed by atoms with E-state index in [9.17, 15) is 9.59 Å². The largest absolute Gasteiger partial charge is 0.480 e. The first-order chi connectivity index (χ1) is 13.5. The normalized spacial score (nSPS) is 10.6. The summed E-state index contributed by atoms with van der Waals surface area (Å²) in [4.78, 5) is 30.0. The molecule has 28 heavy (non-hydrogen) atoms. The van der Waals surface area contributed by atoms with E-state index in [4.69, 9.17) is 10.8 Å². The number of carbonyl (C=O) groups is 2. The Morgan fingerprint density at radius 3 is 2.57 bits per heavy atom. The highest BCUT2D eigenvalue weighted by atomic mass is 16.4.